The zero-order valence-electron chi connectivity index (χ0n) is 12.6. The summed E-state index contributed by atoms with van der Waals surface area (Å²) in [7, 11) is 4.20. The summed E-state index contributed by atoms with van der Waals surface area (Å²) in [5.74, 6) is 0.968. The lowest BCUT2D eigenvalue weighted by Crippen LogP contribution is -2.25. The maximum atomic E-state index is 5.69. The van der Waals surface area contributed by atoms with Gasteiger partial charge in [0.05, 0.1) is 0 Å². The molecule has 0 spiro atoms. The third kappa shape index (κ3) is 7.85. The third-order valence-corrected chi connectivity index (χ3v) is 2.97. The zero-order chi connectivity index (χ0) is 13.9. The molecule has 0 bridgehead atoms. The second-order valence-electron chi connectivity index (χ2n) is 5.15. The van der Waals surface area contributed by atoms with Gasteiger partial charge in [-0.15, -0.1) is 0 Å². The van der Waals surface area contributed by atoms with E-state index in [9.17, 15) is 0 Å². The highest BCUT2D eigenvalue weighted by Crippen LogP contribution is 2.12. The minimum atomic E-state index is 0.731. The fourth-order valence-corrected chi connectivity index (χ4v) is 1.93. The number of ether oxygens (including phenoxy) is 1. The third-order valence-electron chi connectivity index (χ3n) is 2.97. The zero-order valence-corrected chi connectivity index (χ0v) is 12.6. The molecule has 0 atom stereocenters. The summed E-state index contributed by atoms with van der Waals surface area (Å²) < 4.78 is 5.69. The molecular weight excluding hydrogens is 236 g/mol. The van der Waals surface area contributed by atoms with Gasteiger partial charge in [-0.2, -0.15) is 0 Å². The van der Waals surface area contributed by atoms with E-state index in [2.05, 4.69) is 55.5 Å². The molecule has 3 heteroatoms. The fraction of sp³-hybridized carbons (Fsp3) is 0.625. The predicted molar refractivity (Wildman–Crippen MR) is 82.0 cm³/mol. The Morgan fingerprint density at radius 2 is 1.84 bits per heavy atom. The first-order valence-electron chi connectivity index (χ1n) is 7.29. The SMILES string of the molecule is CCCc1ccc(OCCNCCCN(C)C)cc1. The molecule has 1 rings (SSSR count). The summed E-state index contributed by atoms with van der Waals surface area (Å²) in [6, 6.07) is 8.45. The van der Waals surface area contributed by atoms with E-state index in [4.69, 9.17) is 4.74 Å². The van der Waals surface area contributed by atoms with Crippen LogP contribution in [-0.4, -0.2) is 45.2 Å². The van der Waals surface area contributed by atoms with Crippen molar-refractivity contribution in [2.75, 3.05) is 40.3 Å². The van der Waals surface area contributed by atoms with Gasteiger partial charge >= 0.3 is 0 Å². The molecular formula is C16H28N2O. The van der Waals surface area contributed by atoms with Crippen LogP contribution in [0.3, 0.4) is 0 Å². The second kappa shape index (κ2) is 9.82. The van der Waals surface area contributed by atoms with Crippen molar-refractivity contribution in [2.45, 2.75) is 26.2 Å². The molecule has 0 aliphatic carbocycles. The van der Waals surface area contributed by atoms with E-state index in [-0.39, 0.29) is 0 Å². The molecule has 0 heterocycles. The van der Waals surface area contributed by atoms with Crippen LogP contribution < -0.4 is 10.1 Å². The summed E-state index contributed by atoms with van der Waals surface area (Å²) in [6.07, 6.45) is 3.52. The van der Waals surface area contributed by atoms with E-state index in [0.717, 1.165) is 38.4 Å². The summed E-state index contributed by atoms with van der Waals surface area (Å²) in [5, 5.41) is 3.39. The van der Waals surface area contributed by atoms with Crippen LogP contribution in [0.25, 0.3) is 0 Å². The second-order valence-corrected chi connectivity index (χ2v) is 5.15. The normalized spacial score (nSPS) is 10.9. The number of hydrogen-bond acceptors (Lipinski definition) is 3. The Kier molecular flexibility index (Phi) is 8.26. The van der Waals surface area contributed by atoms with E-state index < -0.39 is 0 Å². The van der Waals surface area contributed by atoms with Crippen molar-refractivity contribution < 1.29 is 4.74 Å². The summed E-state index contributed by atoms with van der Waals surface area (Å²) in [4.78, 5) is 2.20. The van der Waals surface area contributed by atoms with Crippen LogP contribution in [0.4, 0.5) is 0 Å². The van der Waals surface area contributed by atoms with Crippen LogP contribution in [0.1, 0.15) is 25.3 Å². The summed E-state index contributed by atoms with van der Waals surface area (Å²) in [5.41, 5.74) is 1.39. The van der Waals surface area contributed by atoms with Crippen LogP contribution in [0.2, 0.25) is 0 Å². The van der Waals surface area contributed by atoms with Gasteiger partial charge in [-0.1, -0.05) is 25.5 Å². The molecule has 0 fully saturated rings. The van der Waals surface area contributed by atoms with Crippen LogP contribution in [0.5, 0.6) is 5.75 Å². The Hall–Kier alpha value is -1.06. The lowest BCUT2D eigenvalue weighted by molar-refractivity contribution is 0.311. The van der Waals surface area contributed by atoms with Gasteiger partial charge in [0.15, 0.2) is 0 Å². The number of nitrogens with one attached hydrogen (secondary N) is 1. The molecule has 1 aromatic rings. The molecule has 0 saturated heterocycles. The minimum Gasteiger partial charge on any atom is -0.492 e. The average Bonchev–Trinajstić information content (AvgIpc) is 2.39. The molecule has 0 aromatic heterocycles. The minimum absolute atomic E-state index is 0.731. The molecule has 0 amide bonds. The van der Waals surface area contributed by atoms with Crippen molar-refractivity contribution in [3.05, 3.63) is 29.8 Å². The highest BCUT2D eigenvalue weighted by atomic mass is 16.5. The summed E-state index contributed by atoms with van der Waals surface area (Å²) >= 11 is 0. The van der Waals surface area contributed by atoms with Gasteiger partial charge in [-0.05, 0) is 57.7 Å². The molecule has 1 N–H and O–H groups in total. The molecule has 0 aliphatic heterocycles. The van der Waals surface area contributed by atoms with Gasteiger partial charge in [0, 0.05) is 6.54 Å². The first-order valence-corrected chi connectivity index (χ1v) is 7.29. The molecule has 1 aromatic carbocycles. The Balaban J connectivity index is 2.05. The fourth-order valence-electron chi connectivity index (χ4n) is 1.93. The number of hydrogen-bond donors (Lipinski definition) is 1. The maximum absolute atomic E-state index is 5.69. The number of nitrogens with zero attached hydrogens (tertiary/aromatic N) is 1. The van der Waals surface area contributed by atoms with Gasteiger partial charge in [-0.3, -0.25) is 0 Å². The highest BCUT2D eigenvalue weighted by Gasteiger charge is 1.95. The van der Waals surface area contributed by atoms with E-state index in [1.54, 1.807) is 0 Å². The first kappa shape index (κ1) is 16.0. The van der Waals surface area contributed by atoms with Gasteiger partial charge in [0.25, 0.3) is 0 Å². The average molecular weight is 264 g/mol. The molecule has 3 nitrogen and oxygen atoms in total. The number of aryl methyl sites for hydroxylation is 1. The van der Waals surface area contributed by atoms with Crippen molar-refractivity contribution >= 4 is 0 Å². The van der Waals surface area contributed by atoms with Crippen LogP contribution in [0.15, 0.2) is 24.3 Å². The van der Waals surface area contributed by atoms with Crippen molar-refractivity contribution in [2.24, 2.45) is 0 Å². The van der Waals surface area contributed by atoms with E-state index in [0.29, 0.717) is 0 Å². The standard InChI is InChI=1S/C16H28N2O/c1-4-6-15-7-9-16(10-8-15)19-14-12-17-11-5-13-18(2)3/h7-10,17H,4-6,11-14H2,1-3H3. The number of rotatable bonds is 10. The number of benzene rings is 1. The Bertz CT molecular complexity index is 322. The van der Waals surface area contributed by atoms with Crippen molar-refractivity contribution in [1.29, 1.82) is 0 Å². The first-order chi connectivity index (χ1) is 9.22. The van der Waals surface area contributed by atoms with Gasteiger partial charge in [0.2, 0.25) is 0 Å². The Morgan fingerprint density at radius 3 is 2.47 bits per heavy atom. The Labute approximate surface area is 118 Å². The highest BCUT2D eigenvalue weighted by molar-refractivity contribution is 5.27. The van der Waals surface area contributed by atoms with Crippen LogP contribution >= 0.6 is 0 Å². The molecule has 19 heavy (non-hydrogen) atoms. The lowest BCUT2D eigenvalue weighted by atomic mass is 10.1. The van der Waals surface area contributed by atoms with E-state index >= 15 is 0 Å². The van der Waals surface area contributed by atoms with E-state index in [1.165, 1.54) is 18.4 Å². The van der Waals surface area contributed by atoms with Crippen molar-refractivity contribution in [3.8, 4) is 5.75 Å². The van der Waals surface area contributed by atoms with Crippen molar-refractivity contribution in [1.82, 2.24) is 10.2 Å². The molecule has 0 radical (unpaired) electrons. The monoisotopic (exact) mass is 264 g/mol. The van der Waals surface area contributed by atoms with Gasteiger partial charge in [0.1, 0.15) is 12.4 Å². The van der Waals surface area contributed by atoms with Gasteiger partial charge in [-0.25, -0.2) is 0 Å². The quantitative estimate of drug-likeness (QED) is 0.657. The smallest absolute Gasteiger partial charge is 0.119 e. The maximum Gasteiger partial charge on any atom is 0.119 e. The molecule has 0 saturated carbocycles. The topological polar surface area (TPSA) is 24.5 Å². The summed E-state index contributed by atoms with van der Waals surface area (Å²) in [6.45, 7) is 6.02. The van der Waals surface area contributed by atoms with Gasteiger partial charge < -0.3 is 15.0 Å². The van der Waals surface area contributed by atoms with Crippen molar-refractivity contribution in [3.63, 3.8) is 0 Å². The predicted octanol–water partition coefficient (Wildman–Crippen LogP) is 2.56. The molecule has 0 aliphatic rings. The molecule has 0 unspecified atom stereocenters. The lowest BCUT2D eigenvalue weighted by Gasteiger charge is -2.10. The Morgan fingerprint density at radius 1 is 1.11 bits per heavy atom. The molecule has 108 valence electrons. The van der Waals surface area contributed by atoms with Crippen LogP contribution in [-0.2, 0) is 6.42 Å². The van der Waals surface area contributed by atoms with Crippen LogP contribution in [0, 0.1) is 0 Å². The van der Waals surface area contributed by atoms with E-state index in [1.807, 2.05) is 0 Å². The largest absolute Gasteiger partial charge is 0.492 e.